The van der Waals surface area contributed by atoms with Gasteiger partial charge in [-0.1, -0.05) is 12.1 Å². The van der Waals surface area contributed by atoms with E-state index in [0.29, 0.717) is 0 Å². The molecule has 1 aromatic carbocycles. The van der Waals surface area contributed by atoms with E-state index in [1.54, 1.807) is 0 Å². The van der Waals surface area contributed by atoms with Gasteiger partial charge in [-0.15, -0.1) is 0 Å². The van der Waals surface area contributed by atoms with Gasteiger partial charge in [-0.2, -0.15) is 0 Å². The van der Waals surface area contributed by atoms with Gasteiger partial charge in [-0.3, -0.25) is 4.79 Å². The number of carboxylic acids is 1. The number of hydrogen-bond acceptors (Lipinski definition) is 4. The fourth-order valence-corrected chi connectivity index (χ4v) is 1.46. The first-order valence-electron chi connectivity index (χ1n) is 5.37. The predicted octanol–water partition coefficient (Wildman–Crippen LogP) is 1.74. The van der Waals surface area contributed by atoms with Crippen LogP contribution in [0.25, 0.3) is 0 Å². The molecule has 0 aliphatic carbocycles. The summed E-state index contributed by atoms with van der Waals surface area (Å²) < 4.78 is 0. The Hall–Kier alpha value is -2.89. The van der Waals surface area contributed by atoms with Gasteiger partial charge < -0.3 is 15.5 Å². The number of anilines is 1. The van der Waals surface area contributed by atoms with Crippen LogP contribution < -0.4 is 5.32 Å². The Labute approximate surface area is 108 Å². The van der Waals surface area contributed by atoms with Crippen molar-refractivity contribution in [3.05, 3.63) is 53.7 Å². The minimum atomic E-state index is -1.17. The maximum atomic E-state index is 11.8. The van der Waals surface area contributed by atoms with Crippen LogP contribution in [-0.2, 0) is 0 Å². The molecular formula is C13H10N2O4. The van der Waals surface area contributed by atoms with Crippen molar-refractivity contribution >= 4 is 17.7 Å². The van der Waals surface area contributed by atoms with Gasteiger partial charge >= 0.3 is 5.97 Å². The molecule has 0 spiro atoms. The minimum absolute atomic E-state index is 0.0279. The second kappa shape index (κ2) is 5.18. The first kappa shape index (κ1) is 12.6. The summed E-state index contributed by atoms with van der Waals surface area (Å²) >= 11 is 0. The second-order valence-electron chi connectivity index (χ2n) is 3.72. The number of hydrogen-bond donors (Lipinski definition) is 3. The molecule has 3 N–H and O–H groups in total. The molecule has 1 aromatic heterocycles. The summed E-state index contributed by atoms with van der Waals surface area (Å²) in [6.45, 7) is 0. The van der Waals surface area contributed by atoms with Gasteiger partial charge in [-0.05, 0) is 30.3 Å². The summed E-state index contributed by atoms with van der Waals surface area (Å²) in [6, 6.07) is 10.1. The zero-order chi connectivity index (χ0) is 13.8. The van der Waals surface area contributed by atoms with Crippen molar-refractivity contribution in [2.24, 2.45) is 0 Å². The van der Waals surface area contributed by atoms with Crippen LogP contribution in [0.2, 0.25) is 0 Å². The Morgan fingerprint density at radius 3 is 2.53 bits per heavy atom. The van der Waals surface area contributed by atoms with Crippen LogP contribution in [0.4, 0.5) is 5.82 Å². The molecule has 1 heterocycles. The average molecular weight is 258 g/mol. The fraction of sp³-hybridized carbons (Fsp3) is 0. The Bertz CT molecular complexity index is 640. The normalized spacial score (nSPS) is 9.89. The number of carbonyl (C=O) groups is 2. The number of aromatic carboxylic acids is 1. The molecule has 19 heavy (non-hydrogen) atoms. The molecule has 0 saturated heterocycles. The van der Waals surface area contributed by atoms with Gasteiger partial charge in [0, 0.05) is 5.56 Å². The van der Waals surface area contributed by atoms with Crippen LogP contribution in [-0.4, -0.2) is 27.1 Å². The average Bonchev–Trinajstić information content (AvgIpc) is 2.39. The number of carbonyl (C=O) groups excluding carboxylic acids is 1. The third kappa shape index (κ3) is 3.06. The predicted molar refractivity (Wildman–Crippen MR) is 67.3 cm³/mol. The third-order valence-electron chi connectivity index (χ3n) is 2.32. The lowest BCUT2D eigenvalue weighted by Gasteiger charge is -2.05. The molecule has 2 aromatic rings. The van der Waals surface area contributed by atoms with E-state index in [1.165, 1.54) is 42.5 Å². The summed E-state index contributed by atoms with van der Waals surface area (Å²) in [5.74, 6) is -1.55. The number of carboxylic acid groups (broad SMARTS) is 1. The van der Waals surface area contributed by atoms with Crippen LogP contribution in [0.1, 0.15) is 20.8 Å². The molecule has 1 amide bonds. The van der Waals surface area contributed by atoms with Crippen molar-refractivity contribution < 1.29 is 19.8 Å². The maximum absolute atomic E-state index is 11.8. The number of nitrogens with zero attached hydrogens (tertiary/aromatic N) is 1. The molecule has 0 fully saturated rings. The van der Waals surface area contributed by atoms with Gasteiger partial charge in [0.2, 0.25) is 0 Å². The Morgan fingerprint density at radius 2 is 1.84 bits per heavy atom. The van der Waals surface area contributed by atoms with E-state index in [1.807, 2.05) is 0 Å². The molecule has 6 nitrogen and oxygen atoms in total. The van der Waals surface area contributed by atoms with E-state index in [9.17, 15) is 14.7 Å². The van der Waals surface area contributed by atoms with Crippen LogP contribution in [0.5, 0.6) is 5.75 Å². The topological polar surface area (TPSA) is 99.5 Å². The van der Waals surface area contributed by atoms with E-state index in [4.69, 9.17) is 5.11 Å². The van der Waals surface area contributed by atoms with E-state index in [-0.39, 0.29) is 22.8 Å². The number of aromatic nitrogens is 1. The first-order valence-corrected chi connectivity index (χ1v) is 5.37. The van der Waals surface area contributed by atoms with Gasteiger partial charge in [0.1, 0.15) is 11.6 Å². The quantitative estimate of drug-likeness (QED) is 0.778. The van der Waals surface area contributed by atoms with Crippen molar-refractivity contribution in [1.29, 1.82) is 0 Å². The van der Waals surface area contributed by atoms with E-state index in [0.717, 1.165) is 0 Å². The second-order valence-corrected chi connectivity index (χ2v) is 3.72. The largest absolute Gasteiger partial charge is 0.508 e. The molecule has 0 radical (unpaired) electrons. The Balaban J connectivity index is 2.19. The van der Waals surface area contributed by atoms with Crippen molar-refractivity contribution in [2.45, 2.75) is 0 Å². The summed E-state index contributed by atoms with van der Waals surface area (Å²) in [5.41, 5.74) is 0.0937. The van der Waals surface area contributed by atoms with Crippen LogP contribution in [0, 0.1) is 0 Å². The van der Waals surface area contributed by atoms with Crippen molar-refractivity contribution in [3.8, 4) is 5.75 Å². The number of pyridine rings is 1. The fourth-order valence-electron chi connectivity index (χ4n) is 1.46. The van der Waals surface area contributed by atoms with E-state index >= 15 is 0 Å². The molecule has 0 atom stereocenters. The highest BCUT2D eigenvalue weighted by Gasteiger charge is 2.09. The molecule has 2 rings (SSSR count). The number of phenols is 1. The SMILES string of the molecule is O=C(Nc1cccc(C(=O)O)n1)c1cccc(O)c1. The molecular weight excluding hydrogens is 248 g/mol. The van der Waals surface area contributed by atoms with Gasteiger partial charge in [0.25, 0.3) is 5.91 Å². The summed E-state index contributed by atoms with van der Waals surface area (Å²) in [4.78, 5) is 26.3. The van der Waals surface area contributed by atoms with Crippen molar-refractivity contribution in [1.82, 2.24) is 4.98 Å². The highest BCUT2D eigenvalue weighted by molar-refractivity contribution is 6.04. The number of rotatable bonds is 3. The number of amides is 1. The van der Waals surface area contributed by atoms with Crippen LogP contribution in [0.3, 0.4) is 0 Å². The zero-order valence-electron chi connectivity index (χ0n) is 9.70. The Kier molecular flexibility index (Phi) is 3.42. The van der Waals surface area contributed by atoms with Crippen molar-refractivity contribution in [2.75, 3.05) is 5.32 Å². The summed E-state index contributed by atoms with van der Waals surface area (Å²) in [6.07, 6.45) is 0. The number of phenolic OH excluding ortho intramolecular Hbond substituents is 1. The molecule has 0 unspecified atom stereocenters. The molecule has 0 aliphatic heterocycles. The lowest BCUT2D eigenvalue weighted by Crippen LogP contribution is -2.14. The molecule has 96 valence electrons. The lowest BCUT2D eigenvalue weighted by molar-refractivity contribution is 0.0690. The molecule has 0 saturated carbocycles. The monoisotopic (exact) mass is 258 g/mol. The maximum Gasteiger partial charge on any atom is 0.354 e. The smallest absolute Gasteiger partial charge is 0.354 e. The van der Waals surface area contributed by atoms with Crippen molar-refractivity contribution in [3.63, 3.8) is 0 Å². The third-order valence-corrected chi connectivity index (χ3v) is 2.32. The molecule has 0 aliphatic rings. The number of benzene rings is 1. The summed E-state index contributed by atoms with van der Waals surface area (Å²) in [7, 11) is 0. The molecule has 0 bridgehead atoms. The standard InChI is InChI=1S/C13H10N2O4/c16-9-4-1-3-8(7-9)12(17)15-11-6-2-5-10(14-11)13(18)19/h1-7,16H,(H,18,19)(H,14,15,17). The number of nitrogens with one attached hydrogen (secondary N) is 1. The summed E-state index contributed by atoms with van der Waals surface area (Å²) in [5, 5.41) is 20.5. The van der Waals surface area contributed by atoms with Crippen LogP contribution in [0.15, 0.2) is 42.5 Å². The van der Waals surface area contributed by atoms with E-state index in [2.05, 4.69) is 10.3 Å². The van der Waals surface area contributed by atoms with Crippen LogP contribution >= 0.6 is 0 Å². The van der Waals surface area contributed by atoms with Gasteiger partial charge in [0.05, 0.1) is 0 Å². The van der Waals surface area contributed by atoms with Gasteiger partial charge in [0.15, 0.2) is 5.69 Å². The lowest BCUT2D eigenvalue weighted by atomic mass is 10.2. The minimum Gasteiger partial charge on any atom is -0.508 e. The van der Waals surface area contributed by atoms with Gasteiger partial charge in [-0.25, -0.2) is 9.78 Å². The zero-order valence-corrected chi connectivity index (χ0v) is 9.70. The Morgan fingerprint density at radius 1 is 1.11 bits per heavy atom. The highest BCUT2D eigenvalue weighted by atomic mass is 16.4. The van der Waals surface area contributed by atoms with E-state index < -0.39 is 11.9 Å². The number of aromatic hydroxyl groups is 1. The molecule has 6 heteroatoms. The highest BCUT2D eigenvalue weighted by Crippen LogP contribution is 2.13. The first-order chi connectivity index (χ1) is 9.06.